The third-order valence-corrected chi connectivity index (χ3v) is 2.73. The van der Waals surface area contributed by atoms with Crippen LogP contribution in [0, 0.1) is 5.41 Å². The minimum Gasteiger partial charge on any atom is -0.335 e. The summed E-state index contributed by atoms with van der Waals surface area (Å²) >= 11 is 0. The Labute approximate surface area is 72.9 Å². The highest BCUT2D eigenvalue weighted by Crippen LogP contribution is 2.44. The first-order valence-corrected chi connectivity index (χ1v) is 4.65. The highest BCUT2D eigenvalue weighted by molar-refractivity contribution is 5.75. The number of carbonyl (C=O) groups is 1. The van der Waals surface area contributed by atoms with Crippen molar-refractivity contribution in [2.45, 2.75) is 45.2 Å². The van der Waals surface area contributed by atoms with E-state index in [-0.39, 0.29) is 6.03 Å². The van der Waals surface area contributed by atoms with Crippen LogP contribution < -0.4 is 10.6 Å². The number of nitrogens with one attached hydrogen (secondary N) is 2. The van der Waals surface area contributed by atoms with Crippen LogP contribution >= 0.6 is 0 Å². The molecule has 0 aromatic heterocycles. The summed E-state index contributed by atoms with van der Waals surface area (Å²) in [6, 6.07) is 0.885. The second-order valence-corrected chi connectivity index (χ2v) is 4.64. The fraction of sp³-hybridized carbons (Fsp3) is 0.889. The molecule has 0 aromatic rings. The molecule has 0 saturated heterocycles. The number of rotatable bonds is 2. The molecule has 1 unspecified atom stereocenters. The van der Waals surface area contributed by atoms with E-state index < -0.39 is 0 Å². The molecule has 2 N–H and O–H groups in total. The van der Waals surface area contributed by atoms with Gasteiger partial charge in [0.05, 0.1) is 0 Å². The SMILES string of the molecule is CC1(C)CC1NC(=O)NC1CC1. The zero-order valence-corrected chi connectivity index (χ0v) is 7.68. The summed E-state index contributed by atoms with van der Waals surface area (Å²) in [4.78, 5) is 11.2. The van der Waals surface area contributed by atoms with Gasteiger partial charge in [-0.2, -0.15) is 0 Å². The normalized spacial score (nSPS) is 31.0. The molecule has 2 saturated carbocycles. The maximum Gasteiger partial charge on any atom is 0.315 e. The Morgan fingerprint density at radius 1 is 1.33 bits per heavy atom. The van der Waals surface area contributed by atoms with Crippen molar-refractivity contribution in [3.05, 3.63) is 0 Å². The Balaban J connectivity index is 1.69. The van der Waals surface area contributed by atoms with Crippen LogP contribution in [0.15, 0.2) is 0 Å². The van der Waals surface area contributed by atoms with Gasteiger partial charge in [-0.25, -0.2) is 4.79 Å². The number of amides is 2. The molecule has 2 aliphatic rings. The van der Waals surface area contributed by atoms with Crippen LogP contribution in [-0.4, -0.2) is 18.1 Å². The first-order chi connectivity index (χ1) is 5.58. The highest BCUT2D eigenvalue weighted by Gasteiger charge is 2.46. The molecule has 2 aliphatic carbocycles. The lowest BCUT2D eigenvalue weighted by Crippen LogP contribution is -2.39. The van der Waals surface area contributed by atoms with Crippen molar-refractivity contribution in [3.8, 4) is 0 Å². The maximum atomic E-state index is 11.2. The number of hydrogen-bond donors (Lipinski definition) is 2. The van der Waals surface area contributed by atoms with Gasteiger partial charge in [-0.3, -0.25) is 0 Å². The zero-order chi connectivity index (χ0) is 8.77. The molecule has 2 rings (SSSR count). The lowest BCUT2D eigenvalue weighted by atomic mass is 10.2. The molecule has 12 heavy (non-hydrogen) atoms. The summed E-state index contributed by atoms with van der Waals surface area (Å²) in [6.45, 7) is 4.35. The average molecular weight is 168 g/mol. The molecular weight excluding hydrogens is 152 g/mol. The topological polar surface area (TPSA) is 41.1 Å². The van der Waals surface area contributed by atoms with Gasteiger partial charge < -0.3 is 10.6 Å². The second-order valence-electron chi connectivity index (χ2n) is 4.64. The van der Waals surface area contributed by atoms with Crippen molar-refractivity contribution in [1.82, 2.24) is 10.6 Å². The number of hydrogen-bond acceptors (Lipinski definition) is 1. The largest absolute Gasteiger partial charge is 0.335 e. The van der Waals surface area contributed by atoms with E-state index in [9.17, 15) is 4.79 Å². The Morgan fingerprint density at radius 2 is 1.92 bits per heavy atom. The first kappa shape index (κ1) is 7.90. The fourth-order valence-corrected chi connectivity index (χ4v) is 1.33. The van der Waals surface area contributed by atoms with Crippen molar-refractivity contribution in [1.29, 1.82) is 0 Å². The Morgan fingerprint density at radius 3 is 2.33 bits per heavy atom. The molecule has 0 aliphatic heterocycles. The predicted molar refractivity (Wildman–Crippen MR) is 46.9 cm³/mol. The molecule has 3 nitrogen and oxygen atoms in total. The maximum absolute atomic E-state index is 11.2. The quantitative estimate of drug-likeness (QED) is 0.640. The minimum absolute atomic E-state index is 0.0214. The third-order valence-electron chi connectivity index (χ3n) is 2.73. The van der Waals surface area contributed by atoms with Gasteiger partial charge in [0.25, 0.3) is 0 Å². The van der Waals surface area contributed by atoms with Gasteiger partial charge in [-0.15, -0.1) is 0 Å². The van der Waals surface area contributed by atoms with Gasteiger partial charge in [-0.1, -0.05) is 13.8 Å². The number of carbonyl (C=O) groups excluding carboxylic acids is 1. The van der Waals surface area contributed by atoms with Crippen LogP contribution in [0.25, 0.3) is 0 Å². The fourth-order valence-electron chi connectivity index (χ4n) is 1.33. The van der Waals surface area contributed by atoms with Crippen LogP contribution in [0.3, 0.4) is 0 Å². The Hall–Kier alpha value is -0.730. The van der Waals surface area contributed by atoms with Crippen molar-refractivity contribution < 1.29 is 4.79 Å². The van der Waals surface area contributed by atoms with E-state index in [0.29, 0.717) is 17.5 Å². The van der Waals surface area contributed by atoms with Crippen LogP contribution in [0.1, 0.15) is 33.1 Å². The summed E-state index contributed by atoms with van der Waals surface area (Å²) in [7, 11) is 0. The van der Waals surface area contributed by atoms with Gasteiger partial charge >= 0.3 is 6.03 Å². The average Bonchev–Trinajstić information content (AvgIpc) is 2.76. The summed E-state index contributed by atoms with van der Waals surface area (Å²) in [5.74, 6) is 0. The van der Waals surface area contributed by atoms with E-state index in [1.54, 1.807) is 0 Å². The Kier molecular flexibility index (Phi) is 1.56. The van der Waals surface area contributed by atoms with E-state index in [2.05, 4.69) is 24.5 Å². The predicted octanol–water partition coefficient (Wildman–Crippen LogP) is 1.25. The van der Waals surface area contributed by atoms with Crippen LogP contribution in [0.2, 0.25) is 0 Å². The molecule has 3 heteroatoms. The summed E-state index contributed by atoms with van der Waals surface area (Å²) < 4.78 is 0. The molecule has 0 aromatic carbocycles. The van der Waals surface area contributed by atoms with E-state index in [1.807, 2.05) is 0 Å². The lowest BCUT2D eigenvalue weighted by Gasteiger charge is -2.07. The van der Waals surface area contributed by atoms with Crippen molar-refractivity contribution >= 4 is 6.03 Å². The molecule has 0 heterocycles. The van der Waals surface area contributed by atoms with Crippen molar-refractivity contribution in [2.24, 2.45) is 5.41 Å². The lowest BCUT2D eigenvalue weighted by molar-refractivity contribution is 0.239. The van der Waals surface area contributed by atoms with Crippen molar-refractivity contribution in [2.75, 3.05) is 0 Å². The molecule has 1 atom stereocenters. The van der Waals surface area contributed by atoms with Gasteiger partial charge in [0, 0.05) is 12.1 Å². The van der Waals surface area contributed by atoms with Crippen LogP contribution in [-0.2, 0) is 0 Å². The van der Waals surface area contributed by atoms with E-state index in [4.69, 9.17) is 0 Å². The highest BCUT2D eigenvalue weighted by atomic mass is 16.2. The molecule has 2 amide bonds. The van der Waals surface area contributed by atoms with Gasteiger partial charge in [0.1, 0.15) is 0 Å². The molecule has 2 fully saturated rings. The molecule has 0 radical (unpaired) electrons. The van der Waals surface area contributed by atoms with Crippen LogP contribution in [0.4, 0.5) is 4.79 Å². The van der Waals surface area contributed by atoms with Gasteiger partial charge in [0.15, 0.2) is 0 Å². The van der Waals surface area contributed by atoms with E-state index >= 15 is 0 Å². The van der Waals surface area contributed by atoms with E-state index in [0.717, 1.165) is 19.3 Å². The van der Waals surface area contributed by atoms with Crippen molar-refractivity contribution in [3.63, 3.8) is 0 Å². The molecule has 0 spiro atoms. The first-order valence-electron chi connectivity index (χ1n) is 4.65. The standard InChI is InChI=1S/C9H16N2O/c1-9(2)5-7(9)11-8(12)10-6-3-4-6/h6-7H,3-5H2,1-2H3,(H2,10,11,12). The summed E-state index contributed by atoms with van der Waals surface area (Å²) in [6.07, 6.45) is 3.42. The number of urea groups is 1. The summed E-state index contributed by atoms with van der Waals surface area (Å²) in [5, 5.41) is 5.88. The third kappa shape index (κ3) is 1.71. The smallest absolute Gasteiger partial charge is 0.315 e. The summed E-state index contributed by atoms with van der Waals surface area (Å²) in [5.41, 5.74) is 0.334. The monoisotopic (exact) mass is 168 g/mol. The molecule has 68 valence electrons. The second kappa shape index (κ2) is 2.38. The minimum atomic E-state index is 0.0214. The van der Waals surface area contributed by atoms with Crippen LogP contribution in [0.5, 0.6) is 0 Å². The van der Waals surface area contributed by atoms with E-state index in [1.165, 1.54) is 0 Å². The molecule has 0 bridgehead atoms. The zero-order valence-electron chi connectivity index (χ0n) is 7.68. The molecular formula is C9H16N2O. The van der Waals surface area contributed by atoms with Gasteiger partial charge in [0.2, 0.25) is 0 Å². The van der Waals surface area contributed by atoms with Gasteiger partial charge in [-0.05, 0) is 24.7 Å². The Bertz CT molecular complexity index is 209.